The lowest BCUT2D eigenvalue weighted by Crippen LogP contribution is -2.60. The highest BCUT2D eigenvalue weighted by atomic mass is 19.1. The minimum absolute atomic E-state index is 0.154. The molecule has 0 radical (unpaired) electrons. The molecule has 0 aliphatic carbocycles. The predicted octanol–water partition coefficient (Wildman–Crippen LogP) is 2.24. The van der Waals surface area contributed by atoms with Crippen molar-refractivity contribution in [3.63, 3.8) is 0 Å². The lowest BCUT2D eigenvalue weighted by atomic mass is 9.97. The Labute approximate surface area is 208 Å². The van der Waals surface area contributed by atoms with E-state index >= 15 is 0 Å². The van der Waals surface area contributed by atoms with Crippen molar-refractivity contribution >= 4 is 23.5 Å². The van der Waals surface area contributed by atoms with Crippen molar-refractivity contribution in [2.45, 2.75) is 19.4 Å². The fourth-order valence-electron chi connectivity index (χ4n) is 4.70. The van der Waals surface area contributed by atoms with Gasteiger partial charge in [0.25, 0.3) is 0 Å². The summed E-state index contributed by atoms with van der Waals surface area (Å²) in [6, 6.07) is 5.47. The van der Waals surface area contributed by atoms with E-state index in [0.717, 1.165) is 37.0 Å². The third-order valence-electron chi connectivity index (χ3n) is 6.61. The number of nitrogen functional groups attached to an aromatic ring is 1. The van der Waals surface area contributed by atoms with Crippen LogP contribution in [-0.4, -0.2) is 81.2 Å². The minimum Gasteiger partial charge on any atom is -0.386 e. The Morgan fingerprint density at radius 1 is 1.00 bits per heavy atom. The molecule has 1 aromatic carbocycles. The molecule has 0 unspecified atom stereocenters. The number of β-amino-alcohol motifs (C(OH)–C–C–N with tert-alkyl or cyclic N) is 1. The number of nitrogens with zero attached hydrogens (tertiary/aromatic N) is 7. The van der Waals surface area contributed by atoms with Crippen LogP contribution in [0.2, 0.25) is 0 Å². The molecular formula is C25H30F2N8O. The maximum absolute atomic E-state index is 13.5. The zero-order valence-electron chi connectivity index (χ0n) is 20.4. The molecule has 0 saturated carbocycles. The highest BCUT2D eigenvalue weighted by Gasteiger charge is 2.37. The Kier molecular flexibility index (Phi) is 6.35. The van der Waals surface area contributed by atoms with Gasteiger partial charge >= 0.3 is 0 Å². The van der Waals surface area contributed by atoms with E-state index < -0.39 is 17.2 Å². The molecule has 3 N–H and O–H groups in total. The van der Waals surface area contributed by atoms with Crippen LogP contribution in [0.25, 0.3) is 11.9 Å². The molecule has 11 heteroatoms. The molecule has 9 nitrogen and oxygen atoms in total. The van der Waals surface area contributed by atoms with E-state index in [1.807, 2.05) is 28.9 Å². The summed E-state index contributed by atoms with van der Waals surface area (Å²) in [6.07, 6.45) is 5.91. The van der Waals surface area contributed by atoms with E-state index in [1.54, 1.807) is 17.8 Å². The van der Waals surface area contributed by atoms with Gasteiger partial charge in [-0.1, -0.05) is 12.2 Å². The fraction of sp³-hybridized carbons (Fsp3) is 0.400. The Morgan fingerprint density at radius 2 is 1.67 bits per heavy atom. The number of aliphatic hydroxyl groups is 1. The van der Waals surface area contributed by atoms with Gasteiger partial charge in [-0.25, -0.2) is 13.5 Å². The molecule has 36 heavy (non-hydrogen) atoms. The Morgan fingerprint density at radius 3 is 2.33 bits per heavy atom. The van der Waals surface area contributed by atoms with E-state index in [2.05, 4.69) is 26.0 Å². The van der Waals surface area contributed by atoms with Gasteiger partial charge in [0, 0.05) is 69.2 Å². The summed E-state index contributed by atoms with van der Waals surface area (Å²) in [5.74, 6) is 0.282. The van der Waals surface area contributed by atoms with Gasteiger partial charge in [0.1, 0.15) is 17.5 Å². The first-order chi connectivity index (χ1) is 17.2. The fourth-order valence-corrected chi connectivity index (χ4v) is 4.70. The van der Waals surface area contributed by atoms with Gasteiger partial charge in [-0.3, -0.25) is 4.90 Å². The van der Waals surface area contributed by atoms with Gasteiger partial charge in [-0.05, 0) is 26.0 Å². The highest BCUT2D eigenvalue weighted by Crippen LogP contribution is 2.28. The third-order valence-corrected chi connectivity index (χ3v) is 6.61. The van der Waals surface area contributed by atoms with E-state index in [0.29, 0.717) is 43.5 Å². The molecule has 2 saturated heterocycles. The number of rotatable bonds is 6. The topological polar surface area (TPSA) is 99.6 Å². The number of piperazine rings is 1. The van der Waals surface area contributed by atoms with Gasteiger partial charge in [0.15, 0.2) is 5.82 Å². The summed E-state index contributed by atoms with van der Waals surface area (Å²) in [6.45, 7) is 8.50. The number of aromatic nitrogens is 4. The number of nitrogens with two attached hydrogens (primary N) is 1. The average molecular weight is 497 g/mol. The number of benzene rings is 1. The predicted molar refractivity (Wildman–Crippen MR) is 135 cm³/mol. The van der Waals surface area contributed by atoms with Gasteiger partial charge in [0.05, 0.1) is 17.5 Å². The molecule has 0 atom stereocenters. The van der Waals surface area contributed by atoms with Crippen LogP contribution in [0.5, 0.6) is 0 Å². The van der Waals surface area contributed by atoms with Crippen molar-refractivity contribution < 1.29 is 13.9 Å². The maximum Gasteiger partial charge on any atom is 0.224 e. The SMILES string of the molecule is Cc1c(C=CCN2CCN(c3cc(F)cc(F)c3)CC2)cnn1-c1cc(N2CC(C)(O)C2)nc(N)n1. The first kappa shape index (κ1) is 24.1. The van der Waals surface area contributed by atoms with Crippen LogP contribution in [0.3, 0.4) is 0 Å². The van der Waals surface area contributed by atoms with E-state index in [4.69, 9.17) is 5.73 Å². The maximum atomic E-state index is 13.5. The van der Waals surface area contributed by atoms with Crippen molar-refractivity contribution in [2.75, 3.05) is 61.3 Å². The quantitative estimate of drug-likeness (QED) is 0.536. The molecule has 2 aromatic heterocycles. The van der Waals surface area contributed by atoms with Crippen LogP contribution in [0, 0.1) is 18.6 Å². The molecular weight excluding hydrogens is 466 g/mol. The molecule has 2 aliphatic rings. The van der Waals surface area contributed by atoms with E-state index in [1.165, 1.54) is 12.1 Å². The highest BCUT2D eigenvalue weighted by molar-refractivity contribution is 5.55. The molecule has 2 aliphatic heterocycles. The zero-order valence-corrected chi connectivity index (χ0v) is 20.4. The van der Waals surface area contributed by atoms with Crippen LogP contribution in [0.4, 0.5) is 26.2 Å². The van der Waals surface area contributed by atoms with E-state index in [-0.39, 0.29) is 5.95 Å². The van der Waals surface area contributed by atoms with Crippen LogP contribution in [0.15, 0.2) is 36.5 Å². The number of halogens is 2. The Hall–Kier alpha value is -3.57. The zero-order chi connectivity index (χ0) is 25.4. The largest absolute Gasteiger partial charge is 0.386 e. The lowest BCUT2D eigenvalue weighted by molar-refractivity contribution is 0.0305. The average Bonchev–Trinajstić information content (AvgIpc) is 3.17. The lowest BCUT2D eigenvalue weighted by Gasteiger charge is -2.44. The molecule has 5 rings (SSSR count). The number of hydrogen-bond donors (Lipinski definition) is 2. The standard InChI is InChI=1S/C25H30F2N8O/c1-17-18(4-3-5-32-6-8-33(9-7-32)21-11-19(26)10-20(27)12-21)14-29-35(17)23-13-22(30-24(28)31-23)34-15-25(2,36)16-34/h3-4,10-14,36H,5-9,15-16H2,1-2H3,(H2,28,30,31). The number of anilines is 3. The Balaban J connectivity index is 1.20. The van der Waals surface area contributed by atoms with Crippen LogP contribution in [-0.2, 0) is 0 Å². The minimum atomic E-state index is -0.719. The second-order valence-electron chi connectivity index (χ2n) is 9.71. The van der Waals surface area contributed by atoms with Gasteiger partial charge in [-0.2, -0.15) is 15.1 Å². The molecule has 4 heterocycles. The summed E-state index contributed by atoms with van der Waals surface area (Å²) in [4.78, 5) is 14.9. The second kappa shape index (κ2) is 9.47. The summed E-state index contributed by atoms with van der Waals surface area (Å²) >= 11 is 0. The summed E-state index contributed by atoms with van der Waals surface area (Å²) in [7, 11) is 0. The molecule has 0 bridgehead atoms. The van der Waals surface area contributed by atoms with Crippen molar-refractivity contribution in [2.24, 2.45) is 0 Å². The molecule has 3 aromatic rings. The molecule has 190 valence electrons. The molecule has 2 fully saturated rings. The normalized spacial score (nSPS) is 18.1. The summed E-state index contributed by atoms with van der Waals surface area (Å²) in [5.41, 5.74) is 7.70. The summed E-state index contributed by atoms with van der Waals surface area (Å²) < 4.78 is 28.8. The van der Waals surface area contributed by atoms with Crippen molar-refractivity contribution in [1.29, 1.82) is 0 Å². The van der Waals surface area contributed by atoms with Crippen LogP contribution >= 0.6 is 0 Å². The summed E-state index contributed by atoms with van der Waals surface area (Å²) in [5, 5.41) is 14.5. The van der Waals surface area contributed by atoms with Gasteiger partial charge in [0.2, 0.25) is 5.95 Å². The smallest absolute Gasteiger partial charge is 0.224 e. The van der Waals surface area contributed by atoms with Gasteiger partial charge in [-0.15, -0.1) is 0 Å². The Bertz CT molecular complexity index is 1250. The molecule has 0 spiro atoms. The first-order valence-electron chi connectivity index (χ1n) is 11.9. The van der Waals surface area contributed by atoms with Gasteiger partial charge < -0.3 is 20.6 Å². The monoisotopic (exact) mass is 496 g/mol. The second-order valence-corrected chi connectivity index (χ2v) is 9.71. The van der Waals surface area contributed by atoms with Crippen LogP contribution < -0.4 is 15.5 Å². The first-order valence-corrected chi connectivity index (χ1v) is 11.9. The van der Waals surface area contributed by atoms with Crippen LogP contribution in [0.1, 0.15) is 18.2 Å². The third kappa shape index (κ3) is 5.17. The van der Waals surface area contributed by atoms with Crippen molar-refractivity contribution in [1.82, 2.24) is 24.6 Å². The number of hydrogen-bond acceptors (Lipinski definition) is 8. The van der Waals surface area contributed by atoms with Crippen molar-refractivity contribution in [3.8, 4) is 5.82 Å². The van der Waals surface area contributed by atoms with E-state index in [9.17, 15) is 13.9 Å². The van der Waals surface area contributed by atoms with Crippen molar-refractivity contribution in [3.05, 3.63) is 59.4 Å². The molecule has 0 amide bonds.